The summed E-state index contributed by atoms with van der Waals surface area (Å²) in [6.45, 7) is 1.74. The maximum Gasteiger partial charge on any atom is 0.137 e. The summed E-state index contributed by atoms with van der Waals surface area (Å²) >= 11 is 2.04. The minimum Gasteiger partial charge on any atom is -0.309 e. The Morgan fingerprint density at radius 2 is 2.32 bits per heavy atom. The van der Waals surface area contributed by atoms with Crippen LogP contribution in [0.3, 0.4) is 0 Å². The lowest BCUT2D eigenvalue weighted by atomic mass is 10.1. The van der Waals surface area contributed by atoms with E-state index >= 15 is 0 Å². The third kappa shape index (κ3) is 3.58. The highest BCUT2D eigenvalue weighted by atomic mass is 32.2. The minimum atomic E-state index is 0.684. The molecule has 0 spiro atoms. The summed E-state index contributed by atoms with van der Waals surface area (Å²) in [5, 5.41) is 7.77. The lowest BCUT2D eigenvalue weighted by Crippen LogP contribution is -2.27. The molecule has 1 N–H and O–H groups in total. The van der Waals surface area contributed by atoms with Gasteiger partial charge in [-0.05, 0) is 23.3 Å². The Hall–Kier alpha value is -1.33. The summed E-state index contributed by atoms with van der Waals surface area (Å²) in [5.41, 5.74) is 2.61. The number of rotatable bonds is 5. The summed E-state index contributed by atoms with van der Waals surface area (Å²) in [4.78, 5) is 3.97. The van der Waals surface area contributed by atoms with Crippen LogP contribution in [0.5, 0.6) is 0 Å². The van der Waals surface area contributed by atoms with Crippen molar-refractivity contribution >= 4 is 11.8 Å². The smallest absolute Gasteiger partial charge is 0.137 e. The molecule has 2 aromatic rings. The normalized spacial score (nSPS) is 18.8. The molecule has 1 aromatic carbocycles. The van der Waals surface area contributed by atoms with Crippen LogP contribution in [-0.2, 0) is 13.1 Å². The van der Waals surface area contributed by atoms with Gasteiger partial charge in [0.1, 0.15) is 12.7 Å². The highest BCUT2D eigenvalue weighted by molar-refractivity contribution is 7.99. The maximum atomic E-state index is 4.14. The molecule has 3 rings (SSSR count). The molecule has 4 nitrogen and oxygen atoms in total. The van der Waals surface area contributed by atoms with E-state index in [1.807, 2.05) is 16.4 Å². The average molecular weight is 274 g/mol. The van der Waals surface area contributed by atoms with E-state index in [1.54, 1.807) is 12.7 Å². The number of thioether (sulfide) groups is 1. The third-order valence-corrected chi connectivity index (χ3v) is 4.49. The van der Waals surface area contributed by atoms with Crippen LogP contribution in [0.25, 0.3) is 0 Å². The number of benzene rings is 1. The molecular weight excluding hydrogens is 256 g/mol. The number of aromatic nitrogens is 3. The third-order valence-electron chi connectivity index (χ3n) is 3.33. The monoisotopic (exact) mass is 274 g/mol. The molecule has 1 aromatic heterocycles. The number of hydrogen-bond acceptors (Lipinski definition) is 4. The summed E-state index contributed by atoms with van der Waals surface area (Å²) in [7, 11) is 0. The number of nitrogens with zero attached hydrogens (tertiary/aromatic N) is 3. The van der Waals surface area contributed by atoms with Gasteiger partial charge in [0.05, 0.1) is 6.54 Å². The molecule has 0 aliphatic carbocycles. The Morgan fingerprint density at radius 1 is 1.37 bits per heavy atom. The molecule has 19 heavy (non-hydrogen) atoms. The molecule has 5 heteroatoms. The Morgan fingerprint density at radius 3 is 3.11 bits per heavy atom. The van der Waals surface area contributed by atoms with Crippen molar-refractivity contribution < 1.29 is 0 Å². The molecule has 1 unspecified atom stereocenters. The Kier molecular flexibility index (Phi) is 4.15. The topological polar surface area (TPSA) is 42.7 Å². The fraction of sp³-hybridized carbons (Fsp3) is 0.429. The van der Waals surface area contributed by atoms with E-state index in [4.69, 9.17) is 0 Å². The van der Waals surface area contributed by atoms with E-state index < -0.39 is 0 Å². The molecule has 1 aliphatic rings. The number of hydrogen-bond donors (Lipinski definition) is 1. The van der Waals surface area contributed by atoms with Gasteiger partial charge in [0.2, 0.25) is 0 Å². The quantitative estimate of drug-likeness (QED) is 0.904. The highest BCUT2D eigenvalue weighted by Crippen LogP contribution is 2.17. The highest BCUT2D eigenvalue weighted by Gasteiger charge is 2.14. The van der Waals surface area contributed by atoms with E-state index in [0.717, 1.165) is 13.1 Å². The van der Waals surface area contributed by atoms with E-state index in [1.165, 1.54) is 29.1 Å². The van der Waals surface area contributed by atoms with Crippen molar-refractivity contribution in [2.45, 2.75) is 25.6 Å². The molecule has 0 saturated carbocycles. The molecule has 0 radical (unpaired) electrons. The first-order valence-corrected chi connectivity index (χ1v) is 7.77. The van der Waals surface area contributed by atoms with Crippen molar-refractivity contribution in [2.24, 2.45) is 0 Å². The summed E-state index contributed by atoms with van der Waals surface area (Å²) in [6, 6.07) is 9.36. The second kappa shape index (κ2) is 6.21. The van der Waals surface area contributed by atoms with E-state index in [2.05, 4.69) is 39.7 Å². The Balaban J connectivity index is 1.59. The van der Waals surface area contributed by atoms with Crippen LogP contribution in [0.15, 0.2) is 36.9 Å². The lowest BCUT2D eigenvalue weighted by molar-refractivity contribution is 0.557. The van der Waals surface area contributed by atoms with Crippen molar-refractivity contribution in [2.75, 3.05) is 11.5 Å². The minimum absolute atomic E-state index is 0.684. The van der Waals surface area contributed by atoms with Gasteiger partial charge >= 0.3 is 0 Å². The summed E-state index contributed by atoms with van der Waals surface area (Å²) < 4.78 is 1.85. The van der Waals surface area contributed by atoms with E-state index in [-0.39, 0.29) is 0 Å². The lowest BCUT2D eigenvalue weighted by Gasteiger charge is -2.12. The predicted octanol–water partition coefficient (Wildman–Crippen LogP) is 1.92. The molecule has 2 heterocycles. The second-order valence-electron chi connectivity index (χ2n) is 4.85. The molecule has 0 bridgehead atoms. The standard InChI is InChI=1S/C14H18N4S/c1-2-12(7-16-14-4-5-19-9-14)6-13(3-1)8-18-11-15-10-17-18/h1-3,6,10-11,14,16H,4-5,7-9H2. The van der Waals surface area contributed by atoms with Gasteiger partial charge in [-0.3, -0.25) is 0 Å². The van der Waals surface area contributed by atoms with Gasteiger partial charge in [-0.2, -0.15) is 16.9 Å². The Bertz CT molecular complexity index is 506. The van der Waals surface area contributed by atoms with Crippen molar-refractivity contribution in [3.8, 4) is 0 Å². The fourth-order valence-electron chi connectivity index (χ4n) is 2.30. The van der Waals surface area contributed by atoms with Crippen LogP contribution in [-0.4, -0.2) is 32.3 Å². The fourth-order valence-corrected chi connectivity index (χ4v) is 3.48. The van der Waals surface area contributed by atoms with Crippen LogP contribution < -0.4 is 5.32 Å². The van der Waals surface area contributed by atoms with Crippen molar-refractivity contribution in [1.29, 1.82) is 0 Å². The van der Waals surface area contributed by atoms with Gasteiger partial charge in [-0.1, -0.05) is 24.3 Å². The van der Waals surface area contributed by atoms with Crippen LogP contribution in [0.2, 0.25) is 0 Å². The molecule has 1 aliphatic heterocycles. The van der Waals surface area contributed by atoms with Crippen molar-refractivity contribution in [3.05, 3.63) is 48.0 Å². The SMILES string of the molecule is c1cc(CNC2CCSC2)cc(Cn2cncn2)c1. The van der Waals surface area contributed by atoms with Crippen molar-refractivity contribution in [1.82, 2.24) is 20.1 Å². The van der Waals surface area contributed by atoms with Gasteiger partial charge in [-0.25, -0.2) is 9.67 Å². The van der Waals surface area contributed by atoms with Gasteiger partial charge in [0, 0.05) is 18.3 Å². The van der Waals surface area contributed by atoms with Crippen LogP contribution in [0.4, 0.5) is 0 Å². The van der Waals surface area contributed by atoms with Crippen molar-refractivity contribution in [3.63, 3.8) is 0 Å². The molecule has 1 fully saturated rings. The van der Waals surface area contributed by atoms with E-state index in [9.17, 15) is 0 Å². The molecule has 100 valence electrons. The van der Waals surface area contributed by atoms with Crippen LogP contribution >= 0.6 is 11.8 Å². The first-order valence-electron chi connectivity index (χ1n) is 6.61. The predicted molar refractivity (Wildman–Crippen MR) is 78.1 cm³/mol. The largest absolute Gasteiger partial charge is 0.309 e. The molecule has 1 saturated heterocycles. The first-order chi connectivity index (χ1) is 9.40. The zero-order chi connectivity index (χ0) is 12.9. The maximum absolute atomic E-state index is 4.14. The molecule has 1 atom stereocenters. The van der Waals surface area contributed by atoms with E-state index in [0.29, 0.717) is 6.04 Å². The molecular formula is C14H18N4S. The second-order valence-corrected chi connectivity index (χ2v) is 6.00. The Labute approximate surface area is 117 Å². The summed E-state index contributed by atoms with van der Waals surface area (Å²) in [6.07, 6.45) is 4.62. The van der Waals surface area contributed by atoms with Gasteiger partial charge in [-0.15, -0.1) is 0 Å². The molecule has 0 amide bonds. The average Bonchev–Trinajstić information content (AvgIpc) is 3.10. The number of nitrogens with one attached hydrogen (secondary N) is 1. The summed E-state index contributed by atoms with van der Waals surface area (Å²) in [5.74, 6) is 2.54. The zero-order valence-electron chi connectivity index (χ0n) is 10.8. The van der Waals surface area contributed by atoms with Gasteiger partial charge in [0.15, 0.2) is 0 Å². The zero-order valence-corrected chi connectivity index (χ0v) is 11.6. The van der Waals surface area contributed by atoms with Gasteiger partial charge in [0.25, 0.3) is 0 Å². The van der Waals surface area contributed by atoms with Crippen LogP contribution in [0.1, 0.15) is 17.5 Å². The first kappa shape index (κ1) is 12.7. The van der Waals surface area contributed by atoms with Crippen LogP contribution in [0, 0.1) is 0 Å². The van der Waals surface area contributed by atoms with Gasteiger partial charge < -0.3 is 5.32 Å².